The van der Waals surface area contributed by atoms with Crippen molar-refractivity contribution < 1.29 is 9.21 Å². The molecule has 2 heterocycles. The van der Waals surface area contributed by atoms with Crippen LogP contribution in [0.4, 0.5) is 0 Å². The highest BCUT2D eigenvalue weighted by molar-refractivity contribution is 7.99. The first-order valence-corrected chi connectivity index (χ1v) is 11.5. The maximum absolute atomic E-state index is 12.6. The summed E-state index contributed by atoms with van der Waals surface area (Å²) in [6.45, 7) is 2.66. The van der Waals surface area contributed by atoms with Crippen LogP contribution in [-0.2, 0) is 11.3 Å². The molecule has 0 spiro atoms. The number of benzene rings is 2. The van der Waals surface area contributed by atoms with Crippen LogP contribution >= 0.6 is 11.8 Å². The minimum absolute atomic E-state index is 0.0554. The lowest BCUT2D eigenvalue weighted by atomic mass is 10.2. The number of amides is 1. The zero-order valence-corrected chi connectivity index (χ0v) is 18.1. The first kappa shape index (κ1) is 19.9. The van der Waals surface area contributed by atoms with E-state index in [2.05, 4.69) is 32.2 Å². The van der Waals surface area contributed by atoms with Gasteiger partial charge in [-0.3, -0.25) is 4.79 Å². The van der Waals surface area contributed by atoms with Gasteiger partial charge < -0.3 is 14.3 Å². The van der Waals surface area contributed by atoms with Crippen LogP contribution in [0.15, 0.2) is 70.2 Å². The minimum Gasteiger partial charge on any atom is -0.459 e. The molecule has 31 heavy (non-hydrogen) atoms. The Hall–Kier alpha value is -3.06. The van der Waals surface area contributed by atoms with Gasteiger partial charge in [-0.15, -0.1) is 10.2 Å². The van der Waals surface area contributed by atoms with Crippen LogP contribution in [0.5, 0.6) is 0 Å². The van der Waals surface area contributed by atoms with E-state index in [0.29, 0.717) is 5.92 Å². The largest absolute Gasteiger partial charge is 0.459 e. The summed E-state index contributed by atoms with van der Waals surface area (Å²) in [5.41, 5.74) is 2.03. The molecule has 1 aliphatic rings. The van der Waals surface area contributed by atoms with E-state index in [4.69, 9.17) is 4.42 Å². The molecule has 0 bridgehead atoms. The van der Waals surface area contributed by atoms with E-state index in [1.165, 1.54) is 17.3 Å². The molecule has 5 rings (SSSR count). The molecular formula is C24H24N4O2S. The number of fused-ring (bicyclic) bond motifs is 1. The Bertz CT molecular complexity index is 1160. The Kier molecular flexibility index (Phi) is 5.51. The van der Waals surface area contributed by atoms with Crippen LogP contribution in [0.2, 0.25) is 0 Å². The lowest BCUT2D eigenvalue weighted by Crippen LogP contribution is -2.28. The van der Waals surface area contributed by atoms with E-state index < -0.39 is 0 Å². The molecule has 1 saturated carbocycles. The number of carbonyl (C=O) groups is 1. The van der Waals surface area contributed by atoms with Gasteiger partial charge in [-0.2, -0.15) is 0 Å². The maximum atomic E-state index is 12.6. The van der Waals surface area contributed by atoms with Gasteiger partial charge in [0.25, 0.3) is 0 Å². The van der Waals surface area contributed by atoms with Crippen LogP contribution in [0, 0.1) is 0 Å². The smallest absolute Gasteiger partial charge is 0.231 e. The molecule has 2 aromatic carbocycles. The van der Waals surface area contributed by atoms with E-state index in [-0.39, 0.29) is 17.7 Å². The number of rotatable bonds is 8. The van der Waals surface area contributed by atoms with Crippen molar-refractivity contribution in [3.63, 3.8) is 0 Å². The van der Waals surface area contributed by atoms with Crippen molar-refractivity contribution >= 4 is 28.6 Å². The highest BCUT2D eigenvalue weighted by Crippen LogP contribution is 2.40. The van der Waals surface area contributed by atoms with Crippen molar-refractivity contribution in [3.8, 4) is 0 Å². The molecule has 158 valence electrons. The standard InChI is InChI=1S/C24H24N4O2S/c1-16(21-13-19-9-5-6-10-20(19)30-21)25-22(29)15-31-24-27-26-23(18-11-12-18)28(24)14-17-7-3-2-4-8-17/h2-10,13,16,18H,11-12,14-15H2,1H3,(H,25,29). The maximum Gasteiger partial charge on any atom is 0.231 e. The molecular weight excluding hydrogens is 408 g/mol. The molecule has 1 amide bonds. The van der Waals surface area contributed by atoms with Gasteiger partial charge in [0.15, 0.2) is 5.16 Å². The molecule has 4 aromatic rings. The summed E-state index contributed by atoms with van der Waals surface area (Å²) in [6.07, 6.45) is 2.32. The zero-order valence-electron chi connectivity index (χ0n) is 17.3. The van der Waals surface area contributed by atoms with Crippen LogP contribution in [0.1, 0.15) is 48.9 Å². The van der Waals surface area contributed by atoms with Crippen molar-refractivity contribution in [1.82, 2.24) is 20.1 Å². The summed E-state index contributed by atoms with van der Waals surface area (Å²) in [4.78, 5) is 12.6. The number of aromatic nitrogens is 3. The Balaban J connectivity index is 1.24. The highest BCUT2D eigenvalue weighted by atomic mass is 32.2. The van der Waals surface area contributed by atoms with E-state index in [9.17, 15) is 4.79 Å². The Morgan fingerprint density at radius 3 is 2.71 bits per heavy atom. The lowest BCUT2D eigenvalue weighted by Gasteiger charge is -2.12. The zero-order chi connectivity index (χ0) is 21.2. The molecule has 7 heteroatoms. The summed E-state index contributed by atoms with van der Waals surface area (Å²) in [5.74, 6) is 2.50. The van der Waals surface area contributed by atoms with Crippen molar-refractivity contribution in [3.05, 3.63) is 77.8 Å². The monoisotopic (exact) mass is 432 g/mol. The SMILES string of the molecule is CC(NC(=O)CSc1nnc(C2CC2)n1Cc1ccccc1)c1cc2ccccc2o1. The highest BCUT2D eigenvalue weighted by Gasteiger charge is 2.30. The Morgan fingerprint density at radius 1 is 1.16 bits per heavy atom. The average molecular weight is 433 g/mol. The van der Waals surface area contributed by atoms with Gasteiger partial charge in [-0.05, 0) is 37.5 Å². The van der Waals surface area contributed by atoms with Crippen LogP contribution in [0.3, 0.4) is 0 Å². The molecule has 1 atom stereocenters. The summed E-state index contributed by atoms with van der Waals surface area (Å²) in [7, 11) is 0. The van der Waals surface area contributed by atoms with Crippen molar-refractivity contribution in [2.75, 3.05) is 5.75 Å². The Morgan fingerprint density at radius 2 is 1.94 bits per heavy atom. The molecule has 1 unspecified atom stereocenters. The third-order valence-electron chi connectivity index (χ3n) is 5.45. The third kappa shape index (κ3) is 4.51. The molecule has 0 radical (unpaired) electrons. The number of thioether (sulfide) groups is 1. The molecule has 1 fully saturated rings. The van der Waals surface area contributed by atoms with Gasteiger partial charge in [-0.1, -0.05) is 60.3 Å². The average Bonchev–Trinajstić information content (AvgIpc) is 3.40. The number of hydrogen-bond acceptors (Lipinski definition) is 5. The van der Waals surface area contributed by atoms with Gasteiger partial charge in [0.1, 0.15) is 17.2 Å². The number of nitrogens with zero attached hydrogens (tertiary/aromatic N) is 3. The van der Waals surface area contributed by atoms with Crippen molar-refractivity contribution in [2.24, 2.45) is 0 Å². The predicted molar refractivity (Wildman–Crippen MR) is 121 cm³/mol. The molecule has 1 N–H and O–H groups in total. The number of para-hydroxylation sites is 1. The quantitative estimate of drug-likeness (QED) is 0.400. The minimum atomic E-state index is -0.204. The second kappa shape index (κ2) is 8.59. The first-order chi connectivity index (χ1) is 15.2. The molecule has 6 nitrogen and oxygen atoms in total. The van der Waals surface area contributed by atoms with Gasteiger partial charge in [0, 0.05) is 11.3 Å². The van der Waals surface area contributed by atoms with E-state index >= 15 is 0 Å². The van der Waals surface area contributed by atoms with Gasteiger partial charge in [0.05, 0.1) is 18.3 Å². The summed E-state index contributed by atoms with van der Waals surface area (Å²) < 4.78 is 8.03. The first-order valence-electron chi connectivity index (χ1n) is 10.5. The van der Waals surface area contributed by atoms with Crippen molar-refractivity contribution in [1.29, 1.82) is 0 Å². The third-order valence-corrected chi connectivity index (χ3v) is 6.42. The second-order valence-corrected chi connectivity index (χ2v) is 8.89. The fourth-order valence-corrected chi connectivity index (χ4v) is 4.42. The Labute approximate surface area is 185 Å². The number of hydrogen-bond donors (Lipinski definition) is 1. The van der Waals surface area contributed by atoms with E-state index in [0.717, 1.165) is 47.1 Å². The predicted octanol–water partition coefficient (Wildman–Crippen LogP) is 4.92. The van der Waals surface area contributed by atoms with Gasteiger partial charge >= 0.3 is 0 Å². The molecule has 0 aliphatic heterocycles. The molecule has 2 aromatic heterocycles. The van der Waals surface area contributed by atoms with Gasteiger partial charge in [-0.25, -0.2) is 0 Å². The lowest BCUT2D eigenvalue weighted by molar-refractivity contribution is -0.119. The number of carbonyl (C=O) groups excluding carboxylic acids is 1. The summed E-state index contributed by atoms with van der Waals surface area (Å²) >= 11 is 1.43. The summed E-state index contributed by atoms with van der Waals surface area (Å²) in [6, 6.07) is 19.9. The van der Waals surface area contributed by atoms with E-state index in [1.54, 1.807) is 0 Å². The van der Waals surface area contributed by atoms with Crippen LogP contribution in [0.25, 0.3) is 11.0 Å². The number of furan rings is 1. The molecule has 1 aliphatic carbocycles. The van der Waals surface area contributed by atoms with E-state index in [1.807, 2.05) is 55.5 Å². The summed E-state index contributed by atoms with van der Waals surface area (Å²) in [5, 5.41) is 13.7. The number of nitrogens with one attached hydrogen (secondary N) is 1. The van der Waals surface area contributed by atoms with Crippen LogP contribution in [-0.4, -0.2) is 26.4 Å². The van der Waals surface area contributed by atoms with Gasteiger partial charge in [0.2, 0.25) is 5.91 Å². The van der Waals surface area contributed by atoms with Crippen LogP contribution < -0.4 is 5.32 Å². The fraction of sp³-hybridized carbons (Fsp3) is 0.292. The molecule has 0 saturated heterocycles. The van der Waals surface area contributed by atoms with Crippen molar-refractivity contribution in [2.45, 2.75) is 43.4 Å². The second-order valence-electron chi connectivity index (χ2n) is 7.95. The normalized spacial score (nSPS) is 14.6. The topological polar surface area (TPSA) is 73.0 Å². The fourth-order valence-electron chi connectivity index (χ4n) is 3.67.